The van der Waals surface area contributed by atoms with Crippen molar-refractivity contribution in [1.29, 1.82) is 0 Å². The summed E-state index contributed by atoms with van der Waals surface area (Å²) in [6, 6.07) is 17.9. The molecule has 0 amide bonds. The Hall–Kier alpha value is -2.88. The summed E-state index contributed by atoms with van der Waals surface area (Å²) in [6.07, 6.45) is 5.22. The maximum absolute atomic E-state index is 3.93. The van der Waals surface area contributed by atoms with Gasteiger partial charge < -0.3 is 0 Å². The summed E-state index contributed by atoms with van der Waals surface area (Å²) in [6.45, 7) is 0. The molecule has 2 aromatic heterocycles. The van der Waals surface area contributed by atoms with Crippen LogP contribution in [0.25, 0.3) is 21.7 Å². The highest BCUT2D eigenvalue weighted by molar-refractivity contribution is 5.80. The van der Waals surface area contributed by atoms with Crippen molar-refractivity contribution in [3.8, 4) is 0 Å². The number of nitrogens with zero attached hydrogens (tertiary/aromatic N) is 4. The first-order valence-electron chi connectivity index (χ1n) is 6.25. The van der Waals surface area contributed by atoms with Crippen LogP contribution >= 0.6 is 0 Å². The van der Waals surface area contributed by atoms with Crippen LogP contribution < -0.4 is 0 Å². The van der Waals surface area contributed by atoms with Crippen LogP contribution in [-0.4, -0.2) is 20.4 Å². The average Bonchev–Trinajstić information content (AvgIpc) is 2.56. The molecule has 0 fully saturated rings. The SMILES string of the molecule is c1ccc2cnncc2c1.c1ccc2nnccc2c1. The highest BCUT2D eigenvalue weighted by Crippen LogP contribution is 2.08. The zero-order valence-electron chi connectivity index (χ0n) is 10.7. The molecular weight excluding hydrogens is 248 g/mol. The van der Waals surface area contributed by atoms with Gasteiger partial charge in [0.25, 0.3) is 0 Å². The predicted molar refractivity (Wildman–Crippen MR) is 79.1 cm³/mol. The Bertz CT molecular complexity index is 628. The van der Waals surface area contributed by atoms with Crippen LogP contribution in [0.5, 0.6) is 0 Å². The predicted octanol–water partition coefficient (Wildman–Crippen LogP) is 3.26. The van der Waals surface area contributed by atoms with E-state index in [4.69, 9.17) is 0 Å². The molecule has 0 radical (unpaired) electrons. The maximum atomic E-state index is 3.93. The third-order valence-corrected chi connectivity index (χ3v) is 2.88. The molecule has 0 N–H and O–H groups in total. The van der Waals surface area contributed by atoms with Gasteiger partial charge in [0.1, 0.15) is 0 Å². The molecule has 2 aromatic carbocycles. The molecule has 4 nitrogen and oxygen atoms in total. The third kappa shape index (κ3) is 2.75. The molecule has 4 aromatic rings. The zero-order valence-corrected chi connectivity index (χ0v) is 10.7. The summed E-state index contributed by atoms with van der Waals surface area (Å²) in [5, 5.41) is 18.6. The summed E-state index contributed by atoms with van der Waals surface area (Å²) in [7, 11) is 0. The first-order valence-corrected chi connectivity index (χ1v) is 6.25. The Balaban J connectivity index is 0.000000121. The third-order valence-electron chi connectivity index (χ3n) is 2.88. The van der Waals surface area contributed by atoms with E-state index < -0.39 is 0 Å². The molecule has 0 atom stereocenters. The van der Waals surface area contributed by atoms with Crippen molar-refractivity contribution < 1.29 is 0 Å². The summed E-state index contributed by atoms with van der Waals surface area (Å²) in [5.41, 5.74) is 0.949. The van der Waals surface area contributed by atoms with E-state index in [9.17, 15) is 0 Å². The molecule has 0 spiro atoms. The molecule has 0 aliphatic rings. The second-order valence-corrected chi connectivity index (χ2v) is 4.21. The fraction of sp³-hybridized carbons (Fsp3) is 0. The molecule has 20 heavy (non-hydrogen) atoms. The van der Waals surface area contributed by atoms with Crippen molar-refractivity contribution in [3.63, 3.8) is 0 Å². The van der Waals surface area contributed by atoms with E-state index in [2.05, 4.69) is 20.4 Å². The maximum Gasteiger partial charge on any atom is 0.0929 e. The van der Waals surface area contributed by atoms with Gasteiger partial charge in [-0.15, -0.1) is 0 Å². The summed E-state index contributed by atoms with van der Waals surface area (Å²) in [5.74, 6) is 0. The van der Waals surface area contributed by atoms with E-state index in [0.29, 0.717) is 0 Å². The fourth-order valence-corrected chi connectivity index (χ4v) is 1.87. The van der Waals surface area contributed by atoms with E-state index >= 15 is 0 Å². The lowest BCUT2D eigenvalue weighted by Crippen LogP contribution is -1.79. The Morgan fingerprint density at radius 2 is 1.15 bits per heavy atom. The lowest BCUT2D eigenvalue weighted by Gasteiger charge is -1.90. The van der Waals surface area contributed by atoms with Crippen molar-refractivity contribution in [2.45, 2.75) is 0 Å². The highest BCUT2D eigenvalue weighted by Gasteiger charge is 1.88. The first kappa shape index (κ1) is 12.2. The Labute approximate surface area is 116 Å². The highest BCUT2D eigenvalue weighted by atomic mass is 15.1. The van der Waals surface area contributed by atoms with E-state index in [1.165, 1.54) is 0 Å². The van der Waals surface area contributed by atoms with Crippen LogP contribution in [0.2, 0.25) is 0 Å². The molecule has 96 valence electrons. The lowest BCUT2D eigenvalue weighted by atomic mass is 10.2. The summed E-state index contributed by atoms with van der Waals surface area (Å²) < 4.78 is 0. The molecule has 0 saturated carbocycles. The molecule has 2 heterocycles. The van der Waals surface area contributed by atoms with E-state index in [-0.39, 0.29) is 0 Å². The molecule has 0 aliphatic carbocycles. The molecule has 0 saturated heterocycles. The number of fused-ring (bicyclic) bond motifs is 2. The van der Waals surface area contributed by atoms with Gasteiger partial charge in [-0.3, -0.25) is 0 Å². The fourth-order valence-electron chi connectivity index (χ4n) is 1.87. The van der Waals surface area contributed by atoms with Gasteiger partial charge in [0, 0.05) is 16.2 Å². The second kappa shape index (κ2) is 5.84. The summed E-state index contributed by atoms with van der Waals surface area (Å²) in [4.78, 5) is 0. The van der Waals surface area contributed by atoms with Crippen LogP contribution in [0.15, 0.2) is 73.2 Å². The molecule has 0 aliphatic heterocycles. The second-order valence-electron chi connectivity index (χ2n) is 4.21. The normalized spacial score (nSPS) is 10.0. The van der Waals surface area contributed by atoms with Crippen molar-refractivity contribution in [2.24, 2.45) is 0 Å². The van der Waals surface area contributed by atoms with Gasteiger partial charge in [0.05, 0.1) is 24.1 Å². The van der Waals surface area contributed by atoms with Gasteiger partial charge in [0.15, 0.2) is 0 Å². The largest absolute Gasteiger partial charge is 0.159 e. The zero-order chi connectivity index (χ0) is 13.6. The molecule has 4 heteroatoms. The Morgan fingerprint density at radius 3 is 1.80 bits per heavy atom. The minimum Gasteiger partial charge on any atom is -0.159 e. The smallest absolute Gasteiger partial charge is 0.0929 e. The van der Waals surface area contributed by atoms with Crippen LogP contribution in [0.1, 0.15) is 0 Å². The Kier molecular flexibility index (Phi) is 3.55. The molecule has 4 rings (SSSR count). The van der Waals surface area contributed by atoms with Crippen molar-refractivity contribution in [1.82, 2.24) is 20.4 Å². The molecule has 0 unspecified atom stereocenters. The van der Waals surface area contributed by atoms with Crippen LogP contribution in [-0.2, 0) is 0 Å². The minimum absolute atomic E-state index is 0.949. The topological polar surface area (TPSA) is 51.6 Å². The van der Waals surface area contributed by atoms with Gasteiger partial charge in [0.2, 0.25) is 0 Å². The lowest BCUT2D eigenvalue weighted by molar-refractivity contribution is 1.05. The van der Waals surface area contributed by atoms with Crippen LogP contribution in [0.4, 0.5) is 0 Å². The van der Waals surface area contributed by atoms with Gasteiger partial charge in [-0.2, -0.15) is 20.4 Å². The molecular formula is C16H12N4. The Morgan fingerprint density at radius 1 is 0.550 bits per heavy atom. The number of hydrogen-bond donors (Lipinski definition) is 0. The standard InChI is InChI=1S/2C8H6N2/c1-2-4-8-6-10-9-5-7(8)3-1;1-2-4-8-7(3-1)5-6-9-10-8/h2*1-6H. The number of benzene rings is 2. The average molecular weight is 260 g/mol. The quantitative estimate of drug-likeness (QED) is 0.487. The number of hydrogen-bond acceptors (Lipinski definition) is 4. The van der Waals surface area contributed by atoms with Gasteiger partial charge >= 0.3 is 0 Å². The van der Waals surface area contributed by atoms with Crippen LogP contribution in [0.3, 0.4) is 0 Å². The van der Waals surface area contributed by atoms with Crippen molar-refractivity contribution in [2.75, 3.05) is 0 Å². The number of rotatable bonds is 0. The molecule has 0 bridgehead atoms. The van der Waals surface area contributed by atoms with Crippen molar-refractivity contribution >= 4 is 21.7 Å². The van der Waals surface area contributed by atoms with Gasteiger partial charge in [-0.05, 0) is 12.1 Å². The first-order chi connectivity index (χ1) is 9.93. The van der Waals surface area contributed by atoms with Gasteiger partial charge in [-0.1, -0.05) is 42.5 Å². The van der Waals surface area contributed by atoms with Crippen LogP contribution in [0, 0.1) is 0 Å². The number of aromatic nitrogens is 4. The van der Waals surface area contributed by atoms with Crippen molar-refractivity contribution in [3.05, 3.63) is 73.2 Å². The summed E-state index contributed by atoms with van der Waals surface area (Å²) >= 11 is 0. The van der Waals surface area contributed by atoms with Gasteiger partial charge in [-0.25, -0.2) is 0 Å². The minimum atomic E-state index is 0.949. The van der Waals surface area contributed by atoms with E-state index in [1.807, 2.05) is 54.6 Å². The van der Waals surface area contributed by atoms with E-state index in [1.54, 1.807) is 18.6 Å². The van der Waals surface area contributed by atoms with E-state index in [0.717, 1.165) is 21.7 Å². The monoisotopic (exact) mass is 260 g/mol.